The van der Waals surface area contributed by atoms with Gasteiger partial charge in [0.05, 0.1) is 7.05 Å². The molecule has 1 aromatic heterocycles. The minimum atomic E-state index is -6.92. The highest BCUT2D eigenvalue weighted by Gasteiger charge is 2.84. The fourth-order valence-electron chi connectivity index (χ4n) is 2.02. The average molecular weight is 351 g/mol. The Kier molecular flexibility index (Phi) is 3.62. The number of para-hydroxylation sites is 2. The highest BCUT2D eigenvalue weighted by molar-refractivity contribution is 5.71. The van der Waals surface area contributed by atoms with Crippen molar-refractivity contribution in [2.45, 2.75) is 23.9 Å². The van der Waals surface area contributed by atoms with Crippen molar-refractivity contribution in [3.8, 4) is 0 Å². The maximum Gasteiger partial charge on any atom is 0.460 e. The summed E-state index contributed by atoms with van der Waals surface area (Å²) in [7, 11) is 0.837. The molecule has 2 nitrogen and oxygen atoms in total. The van der Waals surface area contributed by atoms with Crippen LogP contribution < -0.4 is 4.57 Å². The third kappa shape index (κ3) is 2.24. The van der Waals surface area contributed by atoms with Gasteiger partial charge in [-0.1, -0.05) is 12.1 Å². The number of fused-ring (bicyclic) bond motifs is 1. The first-order valence-electron chi connectivity index (χ1n) is 5.92. The number of aryl methyl sites for hydroxylation is 1. The summed E-state index contributed by atoms with van der Waals surface area (Å²) in [6.07, 6.45) is -6.84. The van der Waals surface area contributed by atoms with E-state index in [-0.39, 0.29) is 11.0 Å². The molecule has 128 valence electrons. The molecule has 1 N–H and O–H groups in total. The minimum absolute atomic E-state index is 0.0756. The predicted octanol–water partition coefficient (Wildman–Crippen LogP) is 3.92. The number of nitrogens with zero attached hydrogens (tertiary/aromatic N) is 1. The van der Waals surface area contributed by atoms with Crippen LogP contribution >= 0.6 is 0 Å². The highest BCUT2D eigenvalue weighted by Crippen LogP contribution is 2.55. The van der Waals surface area contributed by atoms with Gasteiger partial charge in [-0.15, -0.1) is 0 Å². The fraction of sp³-hybridized carbons (Fsp3) is 0.417. The second-order valence-electron chi connectivity index (χ2n) is 4.77. The van der Waals surface area contributed by atoms with E-state index in [1.165, 1.54) is 24.3 Å². The Morgan fingerprint density at radius 3 is 1.83 bits per heavy atom. The molecule has 1 aromatic carbocycles. The lowest BCUT2D eigenvalue weighted by atomic mass is 10.0. The second-order valence-corrected chi connectivity index (χ2v) is 4.77. The minimum Gasteiger partial charge on any atom is -0.235 e. The van der Waals surface area contributed by atoms with Crippen molar-refractivity contribution in [2.75, 3.05) is 0 Å². The van der Waals surface area contributed by atoms with Gasteiger partial charge in [0.2, 0.25) is 0 Å². The molecule has 1 heterocycles. The van der Waals surface area contributed by atoms with Crippen LogP contribution in [0.1, 0.15) is 5.82 Å². The summed E-state index contributed by atoms with van der Waals surface area (Å²) in [6, 6.07) is 5.06. The van der Waals surface area contributed by atoms with Gasteiger partial charge in [0.1, 0.15) is 0 Å². The number of H-pyrrole nitrogens is 1. The number of alkyl halides is 9. The van der Waals surface area contributed by atoms with Crippen LogP contribution in [0.5, 0.6) is 0 Å². The Bertz CT molecular complexity index is 730. The Morgan fingerprint density at radius 1 is 0.826 bits per heavy atom. The molecule has 0 spiro atoms. The normalized spacial score (nSPS) is 14.5. The van der Waals surface area contributed by atoms with E-state index in [0.717, 1.165) is 7.05 Å². The van der Waals surface area contributed by atoms with Crippen LogP contribution in [-0.4, -0.2) is 23.0 Å². The highest BCUT2D eigenvalue weighted by atomic mass is 19.4. The number of aromatic amines is 1. The smallest absolute Gasteiger partial charge is 0.235 e. The number of hydrogen-bond donors (Lipinski definition) is 1. The molecule has 0 saturated heterocycles. The van der Waals surface area contributed by atoms with E-state index in [0.29, 0.717) is 4.57 Å². The van der Waals surface area contributed by atoms with E-state index in [4.69, 9.17) is 0 Å². The van der Waals surface area contributed by atoms with E-state index in [1.807, 2.05) is 0 Å². The van der Waals surface area contributed by atoms with E-state index in [1.54, 1.807) is 4.98 Å². The summed E-state index contributed by atoms with van der Waals surface area (Å²) < 4.78 is 117. The average Bonchev–Trinajstić information content (AvgIpc) is 2.75. The molecular formula is C12H8F9N2+. The van der Waals surface area contributed by atoms with E-state index >= 15 is 0 Å². The predicted molar refractivity (Wildman–Crippen MR) is 59.3 cm³/mol. The van der Waals surface area contributed by atoms with Gasteiger partial charge >= 0.3 is 29.8 Å². The van der Waals surface area contributed by atoms with Crippen molar-refractivity contribution in [1.29, 1.82) is 0 Å². The van der Waals surface area contributed by atoms with Crippen LogP contribution in [0.2, 0.25) is 0 Å². The van der Waals surface area contributed by atoms with Gasteiger partial charge in [-0.2, -0.15) is 39.5 Å². The zero-order chi connectivity index (χ0) is 17.8. The monoisotopic (exact) mass is 351 g/mol. The number of hydrogen-bond acceptors (Lipinski definition) is 0. The molecular weight excluding hydrogens is 343 g/mol. The molecule has 0 atom stereocenters. The number of imidazole rings is 1. The van der Waals surface area contributed by atoms with Crippen LogP contribution in [-0.2, 0) is 13.0 Å². The molecule has 2 rings (SSSR count). The van der Waals surface area contributed by atoms with Gasteiger partial charge < -0.3 is 0 Å². The SMILES string of the molecule is C[n+]1c(C(F)(F)C(F)(F)C(F)(F)C(F)(F)F)[nH]c2ccccc21. The van der Waals surface area contributed by atoms with E-state index in [2.05, 4.69) is 0 Å². The number of benzene rings is 1. The van der Waals surface area contributed by atoms with Crippen molar-refractivity contribution in [3.63, 3.8) is 0 Å². The maximum atomic E-state index is 13.9. The summed E-state index contributed by atoms with van der Waals surface area (Å²) in [5.74, 6) is -21.2. The number of halogens is 9. The molecule has 0 amide bonds. The molecule has 0 bridgehead atoms. The molecule has 0 radical (unpaired) electrons. The number of rotatable bonds is 3. The topological polar surface area (TPSA) is 19.7 Å². The first kappa shape index (κ1) is 17.4. The summed E-state index contributed by atoms with van der Waals surface area (Å²) in [5.41, 5.74) is -0.205. The van der Waals surface area contributed by atoms with Gasteiger partial charge in [0.25, 0.3) is 0 Å². The third-order valence-corrected chi connectivity index (χ3v) is 3.30. The molecule has 0 saturated carbocycles. The van der Waals surface area contributed by atoms with Crippen molar-refractivity contribution >= 4 is 11.0 Å². The van der Waals surface area contributed by atoms with Gasteiger partial charge in [-0.3, -0.25) is 0 Å². The van der Waals surface area contributed by atoms with E-state index in [9.17, 15) is 39.5 Å². The lowest BCUT2D eigenvalue weighted by Gasteiger charge is -2.31. The van der Waals surface area contributed by atoms with Crippen LogP contribution in [0, 0.1) is 0 Å². The molecule has 0 unspecified atom stereocenters. The van der Waals surface area contributed by atoms with Gasteiger partial charge in [-0.05, 0) is 12.1 Å². The van der Waals surface area contributed by atoms with Gasteiger partial charge in [-0.25, -0.2) is 9.55 Å². The number of aromatic nitrogens is 2. The molecule has 0 aliphatic heterocycles. The molecule has 2 aromatic rings. The largest absolute Gasteiger partial charge is 0.460 e. The zero-order valence-corrected chi connectivity index (χ0v) is 11.2. The van der Waals surface area contributed by atoms with Gasteiger partial charge in [0.15, 0.2) is 11.0 Å². The second kappa shape index (κ2) is 4.78. The fourth-order valence-corrected chi connectivity index (χ4v) is 2.02. The molecule has 0 aliphatic carbocycles. The lowest BCUT2D eigenvalue weighted by Crippen LogP contribution is -2.61. The summed E-state index contributed by atoms with van der Waals surface area (Å²) in [6.45, 7) is 0. The van der Waals surface area contributed by atoms with Crippen molar-refractivity contribution < 1.29 is 44.1 Å². The quantitative estimate of drug-likeness (QED) is 0.639. The van der Waals surface area contributed by atoms with Crippen molar-refractivity contribution in [1.82, 2.24) is 4.98 Å². The Balaban J connectivity index is 2.66. The molecule has 23 heavy (non-hydrogen) atoms. The molecule has 0 fully saturated rings. The van der Waals surface area contributed by atoms with E-state index < -0.39 is 29.8 Å². The third-order valence-electron chi connectivity index (χ3n) is 3.30. The standard InChI is InChI=1S/C12H7F9N2/c1-23-7-5-3-2-4-6(7)22-8(23)9(13,14)10(15,16)11(17,18)12(19,20)21/h2-5H,1H3/p+1. The first-order valence-corrected chi connectivity index (χ1v) is 5.92. The Labute approximate surface area is 122 Å². The first-order chi connectivity index (χ1) is 10.2. The Morgan fingerprint density at radius 2 is 1.35 bits per heavy atom. The summed E-state index contributed by atoms with van der Waals surface area (Å²) in [5, 5.41) is 0. The van der Waals surface area contributed by atoms with Crippen LogP contribution in [0.15, 0.2) is 24.3 Å². The van der Waals surface area contributed by atoms with Gasteiger partial charge in [0, 0.05) is 0 Å². The van der Waals surface area contributed by atoms with Crippen LogP contribution in [0.4, 0.5) is 39.5 Å². The van der Waals surface area contributed by atoms with Crippen LogP contribution in [0.3, 0.4) is 0 Å². The van der Waals surface area contributed by atoms with Crippen molar-refractivity contribution in [2.24, 2.45) is 7.05 Å². The van der Waals surface area contributed by atoms with Crippen molar-refractivity contribution in [3.05, 3.63) is 30.1 Å². The molecule has 11 heteroatoms. The summed E-state index contributed by atoms with van der Waals surface area (Å²) in [4.78, 5) is 1.77. The maximum absolute atomic E-state index is 13.9. The number of nitrogens with one attached hydrogen (secondary N) is 1. The lowest BCUT2D eigenvalue weighted by molar-refractivity contribution is -0.666. The Hall–Kier alpha value is -1.94. The zero-order valence-electron chi connectivity index (χ0n) is 11.2. The summed E-state index contributed by atoms with van der Waals surface area (Å²) >= 11 is 0. The molecule has 0 aliphatic rings. The van der Waals surface area contributed by atoms with Crippen LogP contribution in [0.25, 0.3) is 11.0 Å².